The zero-order chi connectivity index (χ0) is 23.9. The number of nitrogens with zero attached hydrogens (tertiary/aromatic N) is 2. The van der Waals surface area contributed by atoms with Gasteiger partial charge in [-0.2, -0.15) is 0 Å². The summed E-state index contributed by atoms with van der Waals surface area (Å²) in [5.41, 5.74) is 1.84. The monoisotopic (exact) mass is 451 g/mol. The molecule has 0 radical (unpaired) electrons. The van der Waals surface area contributed by atoms with Crippen LogP contribution >= 0.6 is 0 Å². The molecule has 4 rings (SSSR count). The third-order valence-corrected chi connectivity index (χ3v) is 6.13. The van der Waals surface area contributed by atoms with Gasteiger partial charge in [-0.3, -0.25) is 14.5 Å². The first-order chi connectivity index (χ1) is 15.6. The summed E-state index contributed by atoms with van der Waals surface area (Å²) in [6, 6.07) is 12.4. The molecule has 1 atom stereocenters. The number of benzene rings is 2. The number of ketones is 1. The smallest absolute Gasteiger partial charge is 0.325 e. The summed E-state index contributed by atoms with van der Waals surface area (Å²) < 4.78 is 28.4. The van der Waals surface area contributed by atoms with Crippen molar-refractivity contribution in [3.8, 4) is 0 Å². The van der Waals surface area contributed by atoms with E-state index in [2.05, 4.69) is 5.32 Å². The van der Waals surface area contributed by atoms with Gasteiger partial charge in [-0.1, -0.05) is 24.3 Å². The number of rotatable bonds is 6. The number of imide groups is 1. The van der Waals surface area contributed by atoms with Gasteiger partial charge in [-0.15, -0.1) is 0 Å². The molecule has 0 bridgehead atoms. The van der Waals surface area contributed by atoms with Crippen LogP contribution in [-0.4, -0.2) is 33.7 Å². The number of hydrogen-bond acceptors (Lipinski definition) is 3. The first-order valence-electron chi connectivity index (χ1n) is 10.4. The number of amides is 3. The van der Waals surface area contributed by atoms with E-state index in [0.29, 0.717) is 23.4 Å². The van der Waals surface area contributed by atoms with E-state index < -0.39 is 29.8 Å². The van der Waals surface area contributed by atoms with Crippen LogP contribution in [0.3, 0.4) is 0 Å². The van der Waals surface area contributed by atoms with E-state index in [4.69, 9.17) is 0 Å². The van der Waals surface area contributed by atoms with Crippen LogP contribution in [0.1, 0.15) is 39.8 Å². The average molecular weight is 451 g/mol. The fourth-order valence-electron chi connectivity index (χ4n) is 4.15. The van der Waals surface area contributed by atoms with Gasteiger partial charge < -0.3 is 9.88 Å². The minimum absolute atomic E-state index is 0.322. The first kappa shape index (κ1) is 22.4. The van der Waals surface area contributed by atoms with Crippen molar-refractivity contribution in [1.29, 1.82) is 0 Å². The van der Waals surface area contributed by atoms with Crippen LogP contribution in [0.2, 0.25) is 0 Å². The third kappa shape index (κ3) is 4.04. The van der Waals surface area contributed by atoms with Gasteiger partial charge in [-0.05, 0) is 62.2 Å². The molecule has 170 valence electrons. The molecule has 3 amide bonds. The number of aryl methyl sites for hydroxylation is 1. The topological polar surface area (TPSA) is 71.4 Å². The fourth-order valence-corrected chi connectivity index (χ4v) is 4.15. The average Bonchev–Trinajstić information content (AvgIpc) is 3.18. The Morgan fingerprint density at radius 1 is 0.970 bits per heavy atom. The standard InChI is InChI=1S/C25H23F2N3O3/c1-15-12-21(16(2)29(15)13-17-4-8-19(26)9-5-17)22(31)14-30-23(32)25(3,28-24(30)33)18-6-10-20(27)11-7-18/h4-12H,13-14H2,1-3H3,(H,28,33). The van der Waals surface area contributed by atoms with Gasteiger partial charge in [0.05, 0.1) is 6.54 Å². The molecule has 0 aliphatic carbocycles. The second kappa shape index (κ2) is 8.27. The van der Waals surface area contributed by atoms with Crippen molar-refractivity contribution in [3.63, 3.8) is 0 Å². The largest absolute Gasteiger partial charge is 0.344 e. The highest BCUT2D eigenvalue weighted by atomic mass is 19.1. The number of aromatic nitrogens is 1. The summed E-state index contributed by atoms with van der Waals surface area (Å²) in [6.07, 6.45) is 0. The molecule has 1 aliphatic rings. The Kier molecular flexibility index (Phi) is 5.61. The van der Waals surface area contributed by atoms with E-state index in [1.807, 2.05) is 11.5 Å². The number of nitrogens with one attached hydrogen (secondary N) is 1. The highest BCUT2D eigenvalue weighted by Gasteiger charge is 2.49. The van der Waals surface area contributed by atoms with Crippen LogP contribution < -0.4 is 5.32 Å². The van der Waals surface area contributed by atoms with E-state index in [1.165, 1.54) is 43.3 Å². The predicted octanol–water partition coefficient (Wildman–Crippen LogP) is 4.08. The lowest BCUT2D eigenvalue weighted by molar-refractivity contribution is -0.130. The van der Waals surface area contributed by atoms with Crippen molar-refractivity contribution < 1.29 is 23.2 Å². The Balaban J connectivity index is 1.55. The molecule has 1 N–H and O–H groups in total. The highest BCUT2D eigenvalue weighted by Crippen LogP contribution is 2.29. The van der Waals surface area contributed by atoms with E-state index in [0.717, 1.165) is 16.2 Å². The normalized spacial score (nSPS) is 18.0. The van der Waals surface area contributed by atoms with Gasteiger partial charge in [0.1, 0.15) is 17.2 Å². The number of halogens is 2. The Morgan fingerprint density at radius 3 is 2.15 bits per heavy atom. The number of urea groups is 1. The quantitative estimate of drug-likeness (QED) is 0.454. The van der Waals surface area contributed by atoms with Gasteiger partial charge in [0.25, 0.3) is 5.91 Å². The first-order valence-corrected chi connectivity index (χ1v) is 10.4. The van der Waals surface area contributed by atoms with E-state index >= 15 is 0 Å². The maximum atomic E-state index is 13.3. The van der Waals surface area contributed by atoms with Crippen molar-refractivity contribution in [2.75, 3.05) is 6.54 Å². The predicted molar refractivity (Wildman–Crippen MR) is 118 cm³/mol. The molecule has 1 aromatic heterocycles. The minimum Gasteiger partial charge on any atom is -0.344 e. The Bertz CT molecular complexity index is 1250. The number of carbonyl (C=O) groups is 3. The van der Waals surface area contributed by atoms with Crippen LogP contribution in [0.4, 0.5) is 13.6 Å². The van der Waals surface area contributed by atoms with Crippen LogP contribution in [-0.2, 0) is 16.9 Å². The van der Waals surface area contributed by atoms with Crippen LogP contribution in [0.5, 0.6) is 0 Å². The lowest BCUT2D eigenvalue weighted by Crippen LogP contribution is -2.41. The molecule has 33 heavy (non-hydrogen) atoms. The Hall–Kier alpha value is -3.81. The Morgan fingerprint density at radius 2 is 1.55 bits per heavy atom. The molecule has 3 aromatic rings. The summed E-state index contributed by atoms with van der Waals surface area (Å²) in [4.78, 5) is 39.6. The molecule has 8 heteroatoms. The molecule has 2 heterocycles. The highest BCUT2D eigenvalue weighted by molar-refractivity contribution is 6.11. The zero-order valence-electron chi connectivity index (χ0n) is 18.5. The molecular weight excluding hydrogens is 428 g/mol. The molecule has 2 aromatic carbocycles. The maximum Gasteiger partial charge on any atom is 0.325 e. The van der Waals surface area contributed by atoms with Gasteiger partial charge in [-0.25, -0.2) is 13.6 Å². The summed E-state index contributed by atoms with van der Waals surface area (Å²) in [5.74, 6) is -1.73. The summed E-state index contributed by atoms with van der Waals surface area (Å²) in [5, 5.41) is 2.62. The van der Waals surface area contributed by atoms with E-state index in [9.17, 15) is 23.2 Å². The van der Waals surface area contributed by atoms with Crippen LogP contribution in [0.25, 0.3) is 0 Å². The van der Waals surface area contributed by atoms with Crippen molar-refractivity contribution in [3.05, 3.63) is 94.3 Å². The van der Waals surface area contributed by atoms with Gasteiger partial charge in [0.15, 0.2) is 5.78 Å². The lowest BCUT2D eigenvalue weighted by Gasteiger charge is -2.22. The van der Waals surface area contributed by atoms with Crippen LogP contribution in [0, 0.1) is 25.5 Å². The molecule has 1 unspecified atom stereocenters. The number of carbonyl (C=O) groups excluding carboxylic acids is 3. The minimum atomic E-state index is -1.38. The molecule has 1 aliphatic heterocycles. The molecule has 0 saturated carbocycles. The molecule has 6 nitrogen and oxygen atoms in total. The summed E-state index contributed by atoms with van der Waals surface area (Å²) in [6.45, 7) is 5.21. The van der Waals surface area contributed by atoms with E-state index in [-0.39, 0.29) is 11.6 Å². The zero-order valence-corrected chi connectivity index (χ0v) is 18.5. The lowest BCUT2D eigenvalue weighted by atomic mass is 9.92. The molecule has 1 fully saturated rings. The fraction of sp³-hybridized carbons (Fsp3) is 0.240. The Labute approximate surface area is 189 Å². The molecule has 0 spiro atoms. The SMILES string of the molecule is Cc1cc(C(=O)CN2C(=O)NC(C)(c3ccc(F)cc3)C2=O)c(C)n1Cc1ccc(F)cc1. The summed E-state index contributed by atoms with van der Waals surface area (Å²) >= 11 is 0. The van der Waals surface area contributed by atoms with Gasteiger partial charge in [0.2, 0.25) is 0 Å². The van der Waals surface area contributed by atoms with Crippen molar-refractivity contribution in [2.24, 2.45) is 0 Å². The third-order valence-electron chi connectivity index (χ3n) is 6.13. The number of hydrogen-bond donors (Lipinski definition) is 1. The molecular formula is C25H23F2N3O3. The van der Waals surface area contributed by atoms with Gasteiger partial charge >= 0.3 is 6.03 Å². The maximum absolute atomic E-state index is 13.3. The van der Waals surface area contributed by atoms with Crippen LogP contribution in [0.15, 0.2) is 54.6 Å². The van der Waals surface area contributed by atoms with Crippen molar-refractivity contribution in [2.45, 2.75) is 32.9 Å². The second-order valence-corrected chi connectivity index (χ2v) is 8.37. The van der Waals surface area contributed by atoms with E-state index in [1.54, 1.807) is 25.1 Å². The van der Waals surface area contributed by atoms with Crippen molar-refractivity contribution in [1.82, 2.24) is 14.8 Å². The number of Topliss-reactive ketones (excluding diaryl/α,β-unsaturated/α-hetero) is 1. The second-order valence-electron chi connectivity index (χ2n) is 8.37. The van der Waals surface area contributed by atoms with Crippen molar-refractivity contribution >= 4 is 17.7 Å². The van der Waals surface area contributed by atoms with Gasteiger partial charge in [0, 0.05) is 23.5 Å². The summed E-state index contributed by atoms with van der Waals surface area (Å²) in [7, 11) is 0. The molecule has 1 saturated heterocycles.